The first-order valence-electron chi connectivity index (χ1n) is 8.99. The van der Waals surface area contributed by atoms with Crippen LogP contribution in [0.2, 0.25) is 0 Å². The van der Waals surface area contributed by atoms with Crippen molar-refractivity contribution < 1.29 is 0 Å². The first-order chi connectivity index (χ1) is 9.78. The summed E-state index contributed by atoms with van der Waals surface area (Å²) in [6, 6.07) is 2.39. The van der Waals surface area contributed by atoms with Crippen LogP contribution in [0.5, 0.6) is 0 Å². The largest absolute Gasteiger partial charge is 0.313 e. The number of hydrogen-bond donors (Lipinski definition) is 1. The van der Waals surface area contributed by atoms with Crippen molar-refractivity contribution in [3.63, 3.8) is 0 Å². The van der Waals surface area contributed by atoms with Gasteiger partial charge in [0.05, 0.1) is 0 Å². The van der Waals surface area contributed by atoms with Crippen LogP contribution in [0.4, 0.5) is 0 Å². The molecule has 2 heterocycles. The van der Waals surface area contributed by atoms with Gasteiger partial charge < -0.3 is 5.32 Å². The maximum absolute atomic E-state index is 3.78. The Morgan fingerprint density at radius 3 is 2.65 bits per heavy atom. The molecule has 3 fully saturated rings. The third-order valence-electron chi connectivity index (χ3n) is 5.85. The molecule has 1 aliphatic carbocycles. The van der Waals surface area contributed by atoms with E-state index in [1.54, 1.807) is 0 Å². The second-order valence-electron chi connectivity index (χ2n) is 7.33. The molecular weight excluding hydrogens is 246 g/mol. The third kappa shape index (κ3) is 3.20. The van der Waals surface area contributed by atoms with E-state index < -0.39 is 0 Å². The van der Waals surface area contributed by atoms with Crippen molar-refractivity contribution in [2.75, 3.05) is 32.7 Å². The van der Waals surface area contributed by atoms with Gasteiger partial charge in [-0.2, -0.15) is 0 Å². The Morgan fingerprint density at radius 1 is 1.00 bits per heavy atom. The minimum absolute atomic E-state index is 0.740. The van der Waals surface area contributed by atoms with Crippen molar-refractivity contribution >= 4 is 0 Å². The Balaban J connectivity index is 1.67. The molecule has 0 bridgehead atoms. The maximum atomic E-state index is 3.78. The molecule has 3 aliphatic rings. The molecule has 20 heavy (non-hydrogen) atoms. The summed E-state index contributed by atoms with van der Waals surface area (Å²) >= 11 is 0. The fourth-order valence-electron chi connectivity index (χ4n) is 4.79. The molecule has 116 valence electrons. The molecule has 0 aromatic rings. The van der Waals surface area contributed by atoms with Gasteiger partial charge in [-0.3, -0.25) is 9.80 Å². The second-order valence-corrected chi connectivity index (χ2v) is 7.33. The van der Waals surface area contributed by atoms with Crippen LogP contribution in [-0.4, -0.2) is 60.6 Å². The van der Waals surface area contributed by atoms with Gasteiger partial charge in [-0.25, -0.2) is 0 Å². The lowest BCUT2D eigenvalue weighted by Crippen LogP contribution is -2.54. The maximum Gasteiger partial charge on any atom is 0.0252 e. The van der Waals surface area contributed by atoms with Crippen molar-refractivity contribution in [3.8, 4) is 0 Å². The van der Waals surface area contributed by atoms with Crippen LogP contribution >= 0.6 is 0 Å². The molecule has 0 amide bonds. The minimum Gasteiger partial charge on any atom is -0.313 e. The molecule has 0 radical (unpaired) electrons. The lowest BCUT2D eigenvalue weighted by Gasteiger charge is -2.43. The van der Waals surface area contributed by atoms with Gasteiger partial charge in [0.15, 0.2) is 0 Å². The SMILES string of the molecule is CCNC1CCC(C)CC1N1CCCN2CCCC2C1. The predicted octanol–water partition coefficient (Wildman–Crippen LogP) is 2.32. The molecule has 0 aromatic heterocycles. The summed E-state index contributed by atoms with van der Waals surface area (Å²) in [5, 5.41) is 3.78. The highest BCUT2D eigenvalue weighted by atomic mass is 15.3. The second kappa shape index (κ2) is 6.76. The average Bonchev–Trinajstić information content (AvgIpc) is 2.78. The van der Waals surface area contributed by atoms with Gasteiger partial charge in [-0.15, -0.1) is 0 Å². The summed E-state index contributed by atoms with van der Waals surface area (Å²) in [6.07, 6.45) is 8.44. The lowest BCUT2D eigenvalue weighted by molar-refractivity contribution is 0.0938. The summed E-state index contributed by atoms with van der Waals surface area (Å²) < 4.78 is 0. The van der Waals surface area contributed by atoms with Crippen LogP contribution in [0, 0.1) is 5.92 Å². The monoisotopic (exact) mass is 279 g/mol. The molecular formula is C17H33N3. The van der Waals surface area contributed by atoms with Gasteiger partial charge in [0, 0.05) is 24.7 Å². The average molecular weight is 279 g/mol. The molecule has 3 heteroatoms. The highest BCUT2D eigenvalue weighted by Gasteiger charge is 2.36. The minimum atomic E-state index is 0.740. The van der Waals surface area contributed by atoms with E-state index in [1.807, 2.05) is 0 Å². The van der Waals surface area contributed by atoms with Gasteiger partial charge in [0.25, 0.3) is 0 Å². The Kier molecular flexibility index (Phi) is 5.00. The number of nitrogens with zero attached hydrogens (tertiary/aromatic N) is 2. The van der Waals surface area contributed by atoms with E-state index in [2.05, 4.69) is 29.0 Å². The van der Waals surface area contributed by atoms with Crippen molar-refractivity contribution in [1.29, 1.82) is 0 Å². The molecule has 3 rings (SSSR count). The summed E-state index contributed by atoms with van der Waals surface area (Å²) in [6.45, 7) is 11.2. The van der Waals surface area contributed by atoms with Crippen LogP contribution in [0.3, 0.4) is 0 Å². The van der Waals surface area contributed by atoms with E-state index in [-0.39, 0.29) is 0 Å². The number of hydrogen-bond acceptors (Lipinski definition) is 3. The van der Waals surface area contributed by atoms with Crippen molar-refractivity contribution in [2.24, 2.45) is 5.92 Å². The number of rotatable bonds is 3. The van der Waals surface area contributed by atoms with Gasteiger partial charge >= 0.3 is 0 Å². The zero-order valence-corrected chi connectivity index (χ0v) is 13.5. The van der Waals surface area contributed by atoms with Crippen molar-refractivity contribution in [3.05, 3.63) is 0 Å². The van der Waals surface area contributed by atoms with Crippen LogP contribution in [0.15, 0.2) is 0 Å². The normalized spacial score (nSPS) is 40.5. The van der Waals surface area contributed by atoms with E-state index in [9.17, 15) is 0 Å². The summed E-state index contributed by atoms with van der Waals surface area (Å²) in [5.74, 6) is 0.915. The Bertz CT molecular complexity index is 307. The fraction of sp³-hybridized carbons (Fsp3) is 1.00. The Morgan fingerprint density at radius 2 is 1.80 bits per heavy atom. The Hall–Kier alpha value is -0.120. The van der Waals surface area contributed by atoms with Crippen LogP contribution < -0.4 is 5.32 Å². The van der Waals surface area contributed by atoms with Gasteiger partial charge in [0.1, 0.15) is 0 Å². The van der Waals surface area contributed by atoms with E-state index in [0.29, 0.717) is 0 Å². The van der Waals surface area contributed by atoms with Crippen LogP contribution in [0.1, 0.15) is 52.4 Å². The van der Waals surface area contributed by atoms with Gasteiger partial charge in [0.2, 0.25) is 0 Å². The number of likely N-dealkylation sites (N-methyl/N-ethyl adjacent to an activating group) is 1. The molecule has 0 aromatic carbocycles. The molecule has 2 saturated heterocycles. The zero-order valence-electron chi connectivity index (χ0n) is 13.5. The standard InChI is InChI=1S/C17H33N3/c1-3-18-16-8-7-14(2)12-17(16)20-11-5-10-19-9-4-6-15(19)13-20/h14-18H,3-13H2,1-2H3. The highest BCUT2D eigenvalue weighted by Crippen LogP contribution is 2.30. The molecule has 1 N–H and O–H groups in total. The third-order valence-corrected chi connectivity index (χ3v) is 5.85. The quantitative estimate of drug-likeness (QED) is 0.855. The summed E-state index contributed by atoms with van der Waals surface area (Å²) in [4.78, 5) is 5.62. The number of fused-ring (bicyclic) bond motifs is 1. The highest BCUT2D eigenvalue weighted by molar-refractivity contribution is 4.94. The topological polar surface area (TPSA) is 18.5 Å². The smallest absolute Gasteiger partial charge is 0.0252 e. The van der Waals surface area contributed by atoms with Gasteiger partial charge in [-0.1, -0.05) is 13.8 Å². The van der Waals surface area contributed by atoms with E-state index in [0.717, 1.165) is 30.6 Å². The predicted molar refractivity (Wildman–Crippen MR) is 85.1 cm³/mol. The lowest BCUT2D eigenvalue weighted by atomic mass is 9.82. The molecule has 4 atom stereocenters. The molecule has 3 nitrogen and oxygen atoms in total. The Labute approximate surface area is 125 Å². The van der Waals surface area contributed by atoms with Crippen molar-refractivity contribution in [1.82, 2.24) is 15.1 Å². The molecule has 4 unspecified atom stereocenters. The first-order valence-corrected chi connectivity index (χ1v) is 8.99. The van der Waals surface area contributed by atoms with Crippen LogP contribution in [-0.2, 0) is 0 Å². The van der Waals surface area contributed by atoms with Crippen molar-refractivity contribution in [2.45, 2.75) is 70.5 Å². The van der Waals surface area contributed by atoms with Crippen LogP contribution in [0.25, 0.3) is 0 Å². The van der Waals surface area contributed by atoms with Gasteiger partial charge in [-0.05, 0) is 70.6 Å². The first kappa shape index (κ1) is 14.8. The van der Waals surface area contributed by atoms with E-state index >= 15 is 0 Å². The zero-order chi connectivity index (χ0) is 13.9. The molecule has 0 spiro atoms. The molecule has 2 aliphatic heterocycles. The fourth-order valence-corrected chi connectivity index (χ4v) is 4.79. The molecule has 1 saturated carbocycles. The van der Waals surface area contributed by atoms with E-state index in [1.165, 1.54) is 64.7 Å². The summed E-state index contributed by atoms with van der Waals surface area (Å²) in [5.41, 5.74) is 0. The number of nitrogens with one attached hydrogen (secondary N) is 1. The summed E-state index contributed by atoms with van der Waals surface area (Å²) in [7, 11) is 0. The van der Waals surface area contributed by atoms with E-state index in [4.69, 9.17) is 0 Å².